The fourth-order valence-electron chi connectivity index (χ4n) is 2.65. The molecule has 110 valence electrons. The number of hydrogen-bond acceptors (Lipinski definition) is 5. The molecule has 0 aromatic carbocycles. The summed E-state index contributed by atoms with van der Waals surface area (Å²) in [7, 11) is 0. The van der Waals surface area contributed by atoms with E-state index in [4.69, 9.17) is 10.9 Å². The Balaban J connectivity index is 2.09. The number of nitrogens with two attached hydrogens (primary N) is 1. The van der Waals surface area contributed by atoms with Crippen LogP contribution in [0.15, 0.2) is 10.5 Å². The highest BCUT2D eigenvalue weighted by Crippen LogP contribution is 2.26. The van der Waals surface area contributed by atoms with Crippen LogP contribution < -0.4 is 11.1 Å². The van der Waals surface area contributed by atoms with Gasteiger partial charge >= 0.3 is 0 Å². The summed E-state index contributed by atoms with van der Waals surface area (Å²) in [6.07, 6.45) is 5.41. The highest BCUT2D eigenvalue weighted by Gasteiger charge is 2.29. The third-order valence-corrected chi connectivity index (χ3v) is 4.47. The van der Waals surface area contributed by atoms with Crippen LogP contribution in [-0.2, 0) is 0 Å². The fourth-order valence-corrected chi connectivity index (χ4v) is 3.24. The summed E-state index contributed by atoms with van der Waals surface area (Å²) in [6, 6.07) is -0.421. The van der Waals surface area contributed by atoms with E-state index in [0.29, 0.717) is 5.69 Å². The van der Waals surface area contributed by atoms with Crippen LogP contribution in [0.3, 0.4) is 0 Å². The summed E-state index contributed by atoms with van der Waals surface area (Å²) in [6.45, 7) is 1.85. The molecule has 6 nitrogen and oxygen atoms in total. The number of amides is 1. The lowest BCUT2D eigenvalue weighted by Gasteiger charge is -2.29. The van der Waals surface area contributed by atoms with Crippen molar-refractivity contribution in [2.45, 2.75) is 45.1 Å². The molecule has 1 heterocycles. The van der Waals surface area contributed by atoms with Gasteiger partial charge in [0.15, 0.2) is 5.84 Å². The number of aryl methyl sites for hydroxylation is 1. The van der Waals surface area contributed by atoms with Gasteiger partial charge in [-0.3, -0.25) is 4.79 Å². The second kappa shape index (κ2) is 6.69. The zero-order chi connectivity index (χ0) is 14.5. The minimum atomic E-state index is -0.421. The van der Waals surface area contributed by atoms with Crippen molar-refractivity contribution in [3.8, 4) is 0 Å². The third-order valence-electron chi connectivity index (χ3n) is 3.69. The maximum Gasteiger partial charge on any atom is 0.271 e. The lowest BCUT2D eigenvalue weighted by atomic mass is 9.83. The first-order valence-corrected chi connectivity index (χ1v) is 7.70. The summed E-state index contributed by atoms with van der Waals surface area (Å²) in [5, 5.41) is 17.4. The SMILES string of the molecule is Cc1nc(C(=O)NC(C(N)=NO)C2CCCCC2)cs1. The van der Waals surface area contributed by atoms with Crippen LogP contribution in [0, 0.1) is 12.8 Å². The molecule has 1 saturated carbocycles. The number of rotatable bonds is 4. The van der Waals surface area contributed by atoms with Gasteiger partial charge < -0.3 is 16.3 Å². The molecule has 1 fully saturated rings. The van der Waals surface area contributed by atoms with Gasteiger partial charge in [-0.1, -0.05) is 24.4 Å². The number of oxime groups is 1. The summed E-state index contributed by atoms with van der Waals surface area (Å²) in [4.78, 5) is 16.3. The fraction of sp³-hybridized carbons (Fsp3) is 0.615. The average Bonchev–Trinajstić information content (AvgIpc) is 2.91. The van der Waals surface area contributed by atoms with Gasteiger partial charge in [0.2, 0.25) is 0 Å². The topological polar surface area (TPSA) is 101 Å². The molecule has 20 heavy (non-hydrogen) atoms. The Morgan fingerprint density at radius 3 is 2.80 bits per heavy atom. The van der Waals surface area contributed by atoms with Crippen molar-refractivity contribution >= 4 is 23.1 Å². The molecule has 1 amide bonds. The Kier molecular flexibility index (Phi) is 4.94. The van der Waals surface area contributed by atoms with Crippen LogP contribution in [0.2, 0.25) is 0 Å². The van der Waals surface area contributed by atoms with Gasteiger partial charge in [-0.2, -0.15) is 0 Å². The number of hydrogen-bond donors (Lipinski definition) is 3. The smallest absolute Gasteiger partial charge is 0.271 e. The maximum atomic E-state index is 12.2. The number of carbonyl (C=O) groups is 1. The first kappa shape index (κ1) is 14.8. The van der Waals surface area contributed by atoms with Gasteiger partial charge in [0, 0.05) is 5.38 Å². The number of aromatic nitrogens is 1. The van der Waals surface area contributed by atoms with Crippen molar-refractivity contribution in [2.24, 2.45) is 16.8 Å². The molecule has 1 aromatic rings. The summed E-state index contributed by atoms with van der Waals surface area (Å²) < 4.78 is 0. The minimum absolute atomic E-state index is 0.0669. The molecular formula is C13H20N4O2S. The molecule has 0 saturated heterocycles. The van der Waals surface area contributed by atoms with Crippen LogP contribution in [0.1, 0.15) is 47.6 Å². The normalized spacial score (nSPS) is 18.8. The van der Waals surface area contributed by atoms with Crippen LogP contribution in [0.25, 0.3) is 0 Å². The largest absolute Gasteiger partial charge is 0.409 e. The zero-order valence-corrected chi connectivity index (χ0v) is 12.3. The molecule has 0 spiro atoms. The molecule has 1 atom stereocenters. The Morgan fingerprint density at radius 2 is 2.25 bits per heavy atom. The molecular weight excluding hydrogens is 276 g/mol. The number of thiazole rings is 1. The second-order valence-electron chi connectivity index (χ2n) is 5.13. The number of carbonyl (C=O) groups excluding carboxylic acids is 1. The van der Waals surface area contributed by atoms with Gasteiger partial charge in [0.25, 0.3) is 5.91 Å². The van der Waals surface area contributed by atoms with E-state index in [-0.39, 0.29) is 17.7 Å². The van der Waals surface area contributed by atoms with Gasteiger partial charge in [0.1, 0.15) is 5.69 Å². The number of amidine groups is 1. The molecule has 2 rings (SSSR count). The van der Waals surface area contributed by atoms with Gasteiger partial charge in [-0.15, -0.1) is 11.3 Å². The van der Waals surface area contributed by atoms with E-state index in [0.717, 1.165) is 30.7 Å². The number of nitrogens with one attached hydrogen (secondary N) is 1. The van der Waals surface area contributed by atoms with E-state index in [9.17, 15) is 4.79 Å². The van der Waals surface area contributed by atoms with E-state index in [1.54, 1.807) is 5.38 Å². The van der Waals surface area contributed by atoms with Gasteiger partial charge in [-0.25, -0.2) is 4.98 Å². The molecule has 4 N–H and O–H groups in total. The van der Waals surface area contributed by atoms with Crippen molar-refractivity contribution < 1.29 is 10.0 Å². The van der Waals surface area contributed by atoms with E-state index in [1.807, 2.05) is 6.92 Å². The molecule has 1 aliphatic rings. The Morgan fingerprint density at radius 1 is 1.55 bits per heavy atom. The lowest BCUT2D eigenvalue weighted by Crippen LogP contribution is -2.49. The van der Waals surface area contributed by atoms with Crippen molar-refractivity contribution in [3.05, 3.63) is 16.1 Å². The highest BCUT2D eigenvalue weighted by atomic mass is 32.1. The van der Waals surface area contributed by atoms with Gasteiger partial charge in [0.05, 0.1) is 11.0 Å². The predicted octanol–water partition coefficient (Wildman–Crippen LogP) is 1.88. The summed E-state index contributed by atoms with van der Waals surface area (Å²) >= 11 is 1.43. The minimum Gasteiger partial charge on any atom is -0.409 e. The Bertz CT molecular complexity index is 494. The molecule has 0 bridgehead atoms. The Labute approximate surface area is 122 Å². The molecule has 1 unspecified atom stereocenters. The quantitative estimate of drug-likeness (QED) is 0.342. The molecule has 1 aliphatic carbocycles. The summed E-state index contributed by atoms with van der Waals surface area (Å²) in [5.41, 5.74) is 6.14. The van der Waals surface area contributed by atoms with Crippen LogP contribution in [0.4, 0.5) is 0 Å². The molecule has 0 aliphatic heterocycles. The van der Waals surface area contributed by atoms with Crippen molar-refractivity contribution in [2.75, 3.05) is 0 Å². The Hall–Kier alpha value is -1.63. The van der Waals surface area contributed by atoms with Gasteiger partial charge in [-0.05, 0) is 25.7 Å². The first-order chi connectivity index (χ1) is 9.61. The van der Waals surface area contributed by atoms with Crippen LogP contribution >= 0.6 is 11.3 Å². The highest BCUT2D eigenvalue weighted by molar-refractivity contribution is 7.09. The van der Waals surface area contributed by atoms with E-state index in [1.165, 1.54) is 17.8 Å². The van der Waals surface area contributed by atoms with E-state index >= 15 is 0 Å². The molecule has 7 heteroatoms. The first-order valence-electron chi connectivity index (χ1n) is 6.82. The summed E-state index contributed by atoms with van der Waals surface area (Å²) in [5.74, 6) is 0.0251. The lowest BCUT2D eigenvalue weighted by molar-refractivity contribution is 0.0926. The predicted molar refractivity (Wildman–Crippen MR) is 78.1 cm³/mol. The van der Waals surface area contributed by atoms with Crippen molar-refractivity contribution in [1.29, 1.82) is 0 Å². The van der Waals surface area contributed by atoms with Crippen molar-refractivity contribution in [1.82, 2.24) is 10.3 Å². The zero-order valence-electron chi connectivity index (χ0n) is 11.5. The van der Waals surface area contributed by atoms with Crippen molar-refractivity contribution in [3.63, 3.8) is 0 Å². The van der Waals surface area contributed by atoms with Crippen LogP contribution in [0.5, 0.6) is 0 Å². The molecule has 1 aromatic heterocycles. The maximum absolute atomic E-state index is 12.2. The van der Waals surface area contributed by atoms with E-state index in [2.05, 4.69) is 15.5 Å². The van der Waals surface area contributed by atoms with Crippen LogP contribution in [-0.4, -0.2) is 28.0 Å². The average molecular weight is 296 g/mol. The van der Waals surface area contributed by atoms with E-state index < -0.39 is 6.04 Å². The molecule has 0 radical (unpaired) electrons. The monoisotopic (exact) mass is 296 g/mol. The number of nitrogens with zero attached hydrogens (tertiary/aromatic N) is 2. The second-order valence-corrected chi connectivity index (χ2v) is 6.19. The third kappa shape index (κ3) is 3.47. The standard InChI is InChI=1S/C13H20N4O2S/c1-8-15-10(7-20-8)13(18)16-11(12(14)17-19)9-5-3-2-4-6-9/h7,9,11,19H,2-6H2,1H3,(H2,14,17)(H,16,18).